The fourth-order valence-corrected chi connectivity index (χ4v) is 3.52. The van der Waals surface area contributed by atoms with E-state index in [9.17, 15) is 4.79 Å². The Morgan fingerprint density at radius 3 is 2.77 bits per heavy atom. The van der Waals surface area contributed by atoms with Gasteiger partial charge in [-0.05, 0) is 31.0 Å². The molecule has 0 unspecified atom stereocenters. The number of aromatic nitrogens is 2. The first-order valence-corrected chi connectivity index (χ1v) is 9.09. The predicted molar refractivity (Wildman–Crippen MR) is 98.4 cm³/mol. The van der Waals surface area contributed by atoms with Crippen LogP contribution >= 0.6 is 11.6 Å². The molecule has 0 spiro atoms. The van der Waals surface area contributed by atoms with Crippen LogP contribution in [0.3, 0.4) is 0 Å². The summed E-state index contributed by atoms with van der Waals surface area (Å²) in [6, 6.07) is 5.09. The van der Waals surface area contributed by atoms with E-state index >= 15 is 0 Å². The zero-order valence-corrected chi connectivity index (χ0v) is 15.7. The Hall–Kier alpha value is -2.12. The number of rotatable bonds is 6. The first-order valence-electron chi connectivity index (χ1n) is 8.72. The fourth-order valence-electron chi connectivity index (χ4n) is 3.35. The first kappa shape index (κ1) is 18.7. The number of amides is 1. The summed E-state index contributed by atoms with van der Waals surface area (Å²) in [5.41, 5.74) is 0.117. The molecule has 2 aromatic rings. The van der Waals surface area contributed by atoms with E-state index in [4.69, 9.17) is 20.9 Å². The van der Waals surface area contributed by atoms with Crippen molar-refractivity contribution in [3.05, 3.63) is 34.9 Å². The summed E-state index contributed by atoms with van der Waals surface area (Å²) in [4.78, 5) is 16.9. The number of carbonyl (C=O) groups excluding carboxylic acids is 1. The molecule has 8 heteroatoms. The van der Waals surface area contributed by atoms with Crippen molar-refractivity contribution in [3.63, 3.8) is 0 Å². The highest BCUT2D eigenvalue weighted by Crippen LogP contribution is 2.35. The molecule has 1 heterocycles. The highest BCUT2D eigenvalue weighted by Gasteiger charge is 2.38. The van der Waals surface area contributed by atoms with Crippen LogP contribution in [-0.2, 0) is 10.3 Å². The second-order valence-electron chi connectivity index (χ2n) is 6.53. The van der Waals surface area contributed by atoms with E-state index in [2.05, 4.69) is 20.8 Å². The molecular weight excluding hydrogens is 356 g/mol. The van der Waals surface area contributed by atoms with Crippen LogP contribution in [0.5, 0.6) is 5.75 Å². The van der Waals surface area contributed by atoms with Crippen LogP contribution in [0.4, 0.5) is 5.69 Å². The molecule has 0 aliphatic heterocycles. The third-order valence-electron chi connectivity index (χ3n) is 4.69. The molecule has 0 radical (unpaired) electrons. The van der Waals surface area contributed by atoms with Crippen molar-refractivity contribution in [2.75, 3.05) is 19.0 Å². The normalized spacial score (nSPS) is 16.3. The van der Waals surface area contributed by atoms with Gasteiger partial charge in [-0.3, -0.25) is 10.1 Å². The molecule has 1 aliphatic carbocycles. The number of aryl methyl sites for hydroxylation is 1. The van der Waals surface area contributed by atoms with Crippen LogP contribution in [0, 0.1) is 6.92 Å². The lowest BCUT2D eigenvalue weighted by molar-refractivity contribution is -0.115. The van der Waals surface area contributed by atoms with Crippen LogP contribution in [-0.4, -0.2) is 29.7 Å². The lowest BCUT2D eigenvalue weighted by Crippen LogP contribution is -2.48. The van der Waals surface area contributed by atoms with Crippen LogP contribution in [0.15, 0.2) is 22.7 Å². The summed E-state index contributed by atoms with van der Waals surface area (Å²) in [6.45, 7) is 1.90. The molecule has 140 valence electrons. The molecule has 1 aliphatic rings. The van der Waals surface area contributed by atoms with E-state index in [1.807, 2.05) is 0 Å². The lowest BCUT2D eigenvalue weighted by Gasteiger charge is -2.35. The summed E-state index contributed by atoms with van der Waals surface area (Å²) >= 11 is 6.01. The number of carbonyl (C=O) groups is 1. The van der Waals surface area contributed by atoms with Gasteiger partial charge in [-0.2, -0.15) is 4.98 Å². The minimum absolute atomic E-state index is 0.128. The van der Waals surface area contributed by atoms with Crippen molar-refractivity contribution in [3.8, 4) is 5.75 Å². The molecule has 0 atom stereocenters. The quantitative estimate of drug-likeness (QED) is 0.800. The molecule has 1 aromatic carbocycles. The summed E-state index contributed by atoms with van der Waals surface area (Å²) in [6.07, 6.45) is 5.04. The molecule has 3 rings (SSSR count). The van der Waals surface area contributed by atoms with E-state index in [0.29, 0.717) is 28.2 Å². The largest absolute Gasteiger partial charge is 0.495 e. The van der Waals surface area contributed by atoms with Gasteiger partial charge in [0, 0.05) is 11.9 Å². The number of nitrogens with one attached hydrogen (secondary N) is 2. The van der Waals surface area contributed by atoms with Gasteiger partial charge in [0.1, 0.15) is 5.75 Å². The monoisotopic (exact) mass is 378 g/mol. The second kappa shape index (κ2) is 8.05. The fraction of sp³-hybridized carbons (Fsp3) is 0.500. The number of anilines is 1. The van der Waals surface area contributed by atoms with Gasteiger partial charge in [-0.15, -0.1) is 0 Å². The SMILES string of the molecule is COc1ccc(Cl)cc1NC(=O)CNC1(c2noc(C)n2)CCCCC1. The van der Waals surface area contributed by atoms with Gasteiger partial charge in [-0.25, -0.2) is 0 Å². The maximum absolute atomic E-state index is 12.5. The first-order chi connectivity index (χ1) is 12.5. The predicted octanol–water partition coefficient (Wildman–Crippen LogP) is 3.43. The lowest BCUT2D eigenvalue weighted by atomic mass is 9.81. The maximum Gasteiger partial charge on any atom is 0.238 e. The summed E-state index contributed by atoms with van der Waals surface area (Å²) < 4.78 is 10.4. The summed E-state index contributed by atoms with van der Waals surface area (Å²) in [5, 5.41) is 10.8. The average Bonchev–Trinajstić information content (AvgIpc) is 3.08. The van der Waals surface area contributed by atoms with Crippen LogP contribution in [0.2, 0.25) is 5.02 Å². The Morgan fingerprint density at radius 2 is 2.12 bits per heavy atom. The Morgan fingerprint density at radius 1 is 1.35 bits per heavy atom. The van der Waals surface area contributed by atoms with E-state index in [-0.39, 0.29) is 12.5 Å². The van der Waals surface area contributed by atoms with Gasteiger partial charge in [0.15, 0.2) is 5.82 Å². The molecular formula is C18H23ClN4O3. The van der Waals surface area contributed by atoms with Gasteiger partial charge in [0.05, 0.1) is 24.9 Å². The van der Waals surface area contributed by atoms with Crippen molar-refractivity contribution < 1.29 is 14.1 Å². The van der Waals surface area contributed by atoms with Crippen molar-refractivity contribution >= 4 is 23.2 Å². The Balaban J connectivity index is 1.69. The average molecular weight is 379 g/mol. The standard InChI is InChI=1S/C18H23ClN4O3/c1-12-21-17(23-26-12)18(8-4-3-5-9-18)20-11-16(24)22-14-10-13(19)6-7-15(14)25-2/h6-7,10,20H,3-5,8-9,11H2,1-2H3,(H,22,24). The number of hydrogen-bond acceptors (Lipinski definition) is 6. The topological polar surface area (TPSA) is 89.3 Å². The van der Waals surface area contributed by atoms with Gasteiger partial charge >= 0.3 is 0 Å². The van der Waals surface area contributed by atoms with Crippen LogP contribution < -0.4 is 15.4 Å². The summed E-state index contributed by atoms with van der Waals surface area (Å²) in [7, 11) is 1.55. The summed E-state index contributed by atoms with van der Waals surface area (Å²) in [5.74, 6) is 1.53. The number of halogens is 1. The molecule has 0 saturated heterocycles. The molecule has 7 nitrogen and oxygen atoms in total. The smallest absolute Gasteiger partial charge is 0.238 e. The molecule has 1 fully saturated rings. The number of benzene rings is 1. The number of nitrogens with zero attached hydrogens (tertiary/aromatic N) is 2. The van der Waals surface area contributed by atoms with Crippen molar-refractivity contribution in [2.45, 2.75) is 44.6 Å². The molecule has 1 saturated carbocycles. The zero-order chi connectivity index (χ0) is 18.6. The van der Waals surface area contributed by atoms with Crippen molar-refractivity contribution in [2.24, 2.45) is 0 Å². The Bertz CT molecular complexity index is 772. The number of ether oxygens (including phenoxy) is 1. The van der Waals surface area contributed by atoms with Crippen LogP contribution in [0.1, 0.15) is 43.8 Å². The molecule has 1 amide bonds. The number of hydrogen-bond donors (Lipinski definition) is 2. The van der Waals surface area contributed by atoms with E-state index < -0.39 is 5.54 Å². The molecule has 0 bridgehead atoms. The van der Waals surface area contributed by atoms with Crippen molar-refractivity contribution in [1.82, 2.24) is 15.5 Å². The van der Waals surface area contributed by atoms with Gasteiger partial charge < -0.3 is 14.6 Å². The molecule has 26 heavy (non-hydrogen) atoms. The zero-order valence-electron chi connectivity index (χ0n) is 15.0. The highest BCUT2D eigenvalue weighted by atomic mass is 35.5. The highest BCUT2D eigenvalue weighted by molar-refractivity contribution is 6.31. The van der Waals surface area contributed by atoms with E-state index in [1.54, 1.807) is 32.2 Å². The van der Waals surface area contributed by atoms with Gasteiger partial charge in [0.25, 0.3) is 0 Å². The Kier molecular flexibility index (Phi) is 5.78. The minimum atomic E-state index is -0.425. The maximum atomic E-state index is 12.5. The third-order valence-corrected chi connectivity index (χ3v) is 4.92. The second-order valence-corrected chi connectivity index (χ2v) is 6.96. The third kappa shape index (κ3) is 4.16. The van der Waals surface area contributed by atoms with Crippen LogP contribution in [0.25, 0.3) is 0 Å². The van der Waals surface area contributed by atoms with Gasteiger partial charge in [-0.1, -0.05) is 36.0 Å². The minimum Gasteiger partial charge on any atom is -0.495 e. The molecule has 2 N–H and O–H groups in total. The van der Waals surface area contributed by atoms with Gasteiger partial charge in [0.2, 0.25) is 11.8 Å². The van der Waals surface area contributed by atoms with E-state index in [1.165, 1.54) is 6.42 Å². The molecule has 1 aromatic heterocycles. The van der Waals surface area contributed by atoms with Crippen molar-refractivity contribution in [1.29, 1.82) is 0 Å². The van der Waals surface area contributed by atoms with E-state index in [0.717, 1.165) is 25.7 Å². The number of methoxy groups -OCH3 is 1. The Labute approximate surface area is 157 Å².